The molecule has 0 aliphatic rings. The first kappa shape index (κ1) is 19.0. The lowest BCUT2D eigenvalue weighted by Gasteiger charge is -2.05. The summed E-state index contributed by atoms with van der Waals surface area (Å²) in [4.78, 5) is 17.3. The fourth-order valence-electron chi connectivity index (χ4n) is 2.37. The molecule has 3 rings (SSSR count). The van der Waals surface area contributed by atoms with Gasteiger partial charge < -0.3 is 0 Å². The Morgan fingerprint density at radius 3 is 2.59 bits per heavy atom. The number of benzene rings is 2. The molecule has 27 heavy (non-hydrogen) atoms. The Morgan fingerprint density at radius 2 is 1.93 bits per heavy atom. The average Bonchev–Trinajstić information content (AvgIpc) is 3.01. The van der Waals surface area contributed by atoms with Gasteiger partial charge in [-0.1, -0.05) is 12.1 Å². The normalized spacial score (nSPS) is 11.2. The van der Waals surface area contributed by atoms with Crippen molar-refractivity contribution in [3.05, 3.63) is 76.5 Å². The number of aromatic nitrogens is 1. The third kappa shape index (κ3) is 5.60. The van der Waals surface area contributed by atoms with E-state index in [0.29, 0.717) is 22.8 Å². The Kier molecular flexibility index (Phi) is 5.52. The Balaban J connectivity index is 1.63. The summed E-state index contributed by atoms with van der Waals surface area (Å²) in [5.74, 6) is -0.646. The average molecular weight is 405 g/mol. The van der Waals surface area contributed by atoms with E-state index in [1.807, 2.05) is 6.07 Å². The number of carbonyl (C=O) groups is 1. The van der Waals surface area contributed by atoms with Crippen molar-refractivity contribution in [1.82, 2.24) is 4.98 Å². The Hall–Kier alpha value is -2.78. The molecule has 2 N–H and O–H groups in total. The number of anilines is 2. The molecule has 9 heteroatoms. The van der Waals surface area contributed by atoms with Gasteiger partial charge in [-0.05, 0) is 42.0 Å². The van der Waals surface area contributed by atoms with E-state index in [4.69, 9.17) is 0 Å². The van der Waals surface area contributed by atoms with Gasteiger partial charge in [0, 0.05) is 28.7 Å². The van der Waals surface area contributed by atoms with Gasteiger partial charge >= 0.3 is 0 Å². The topological polar surface area (TPSA) is 88.2 Å². The minimum absolute atomic E-state index is 0.292. The van der Waals surface area contributed by atoms with Gasteiger partial charge in [0.15, 0.2) is 5.13 Å². The van der Waals surface area contributed by atoms with Crippen molar-refractivity contribution >= 4 is 38.1 Å². The first-order valence-electron chi connectivity index (χ1n) is 7.87. The van der Waals surface area contributed by atoms with Crippen molar-refractivity contribution in [2.45, 2.75) is 6.42 Å². The quantitative estimate of drug-likeness (QED) is 0.657. The molecule has 1 aromatic heterocycles. The number of amides is 1. The summed E-state index contributed by atoms with van der Waals surface area (Å²) in [6.07, 6.45) is 3.22. The minimum Gasteiger partial charge on any atom is -0.298 e. The van der Waals surface area contributed by atoms with Gasteiger partial charge in [0.2, 0.25) is 10.0 Å². The van der Waals surface area contributed by atoms with Crippen molar-refractivity contribution < 1.29 is 17.6 Å². The van der Waals surface area contributed by atoms with Crippen LogP contribution in [0.4, 0.5) is 15.2 Å². The molecule has 140 valence electrons. The van der Waals surface area contributed by atoms with Gasteiger partial charge in [-0.25, -0.2) is 17.8 Å². The first-order chi connectivity index (χ1) is 12.8. The standard InChI is InChI=1S/C18H16FN3O3S2/c1-27(24,25)22-15-7-5-13(6-8-15)17(23)21-18-20-11-16(26-18)10-12-3-2-4-14(19)9-12/h2-9,11,22H,10H2,1H3,(H,20,21,23). The fraction of sp³-hybridized carbons (Fsp3) is 0.111. The largest absolute Gasteiger partial charge is 0.298 e. The number of hydrogen-bond acceptors (Lipinski definition) is 5. The van der Waals surface area contributed by atoms with Crippen LogP contribution in [0, 0.1) is 5.82 Å². The van der Waals surface area contributed by atoms with E-state index in [1.165, 1.54) is 47.7 Å². The molecular formula is C18H16FN3O3S2. The smallest absolute Gasteiger partial charge is 0.257 e. The van der Waals surface area contributed by atoms with E-state index < -0.39 is 10.0 Å². The first-order valence-corrected chi connectivity index (χ1v) is 10.6. The molecule has 3 aromatic rings. The van der Waals surface area contributed by atoms with Gasteiger partial charge in [0.1, 0.15) is 5.82 Å². The number of halogens is 1. The summed E-state index contributed by atoms with van der Waals surface area (Å²) in [6, 6.07) is 12.4. The predicted molar refractivity (Wildman–Crippen MR) is 104 cm³/mol. The number of hydrogen-bond donors (Lipinski definition) is 2. The molecule has 0 spiro atoms. The highest BCUT2D eigenvalue weighted by atomic mass is 32.2. The van der Waals surface area contributed by atoms with E-state index >= 15 is 0 Å². The SMILES string of the molecule is CS(=O)(=O)Nc1ccc(C(=O)Nc2ncc(Cc3cccc(F)c3)s2)cc1. The van der Waals surface area contributed by atoms with Crippen LogP contribution in [0.15, 0.2) is 54.7 Å². The molecule has 0 saturated heterocycles. The summed E-state index contributed by atoms with van der Waals surface area (Å²) in [6.45, 7) is 0. The fourth-order valence-corrected chi connectivity index (χ4v) is 3.77. The van der Waals surface area contributed by atoms with Gasteiger partial charge in [-0.15, -0.1) is 11.3 Å². The van der Waals surface area contributed by atoms with E-state index in [2.05, 4.69) is 15.0 Å². The monoisotopic (exact) mass is 405 g/mol. The van der Waals surface area contributed by atoms with E-state index in [-0.39, 0.29) is 11.7 Å². The van der Waals surface area contributed by atoms with Gasteiger partial charge in [-0.3, -0.25) is 14.8 Å². The van der Waals surface area contributed by atoms with Crippen molar-refractivity contribution in [2.24, 2.45) is 0 Å². The lowest BCUT2D eigenvalue weighted by atomic mass is 10.1. The van der Waals surface area contributed by atoms with Gasteiger partial charge in [0.05, 0.1) is 6.26 Å². The minimum atomic E-state index is -3.37. The molecule has 0 radical (unpaired) electrons. The van der Waals surface area contributed by atoms with Crippen LogP contribution in [-0.4, -0.2) is 25.6 Å². The number of nitrogens with zero attached hydrogens (tertiary/aromatic N) is 1. The highest BCUT2D eigenvalue weighted by Gasteiger charge is 2.10. The van der Waals surface area contributed by atoms with Crippen LogP contribution in [0.3, 0.4) is 0 Å². The second-order valence-electron chi connectivity index (χ2n) is 5.84. The summed E-state index contributed by atoms with van der Waals surface area (Å²) >= 11 is 1.31. The summed E-state index contributed by atoms with van der Waals surface area (Å²) in [5.41, 5.74) is 1.57. The number of thiazole rings is 1. The van der Waals surface area contributed by atoms with Gasteiger partial charge in [-0.2, -0.15) is 0 Å². The van der Waals surface area contributed by atoms with E-state index in [9.17, 15) is 17.6 Å². The summed E-state index contributed by atoms with van der Waals surface area (Å²) in [7, 11) is -3.37. The third-order valence-electron chi connectivity index (χ3n) is 3.49. The maximum absolute atomic E-state index is 13.2. The van der Waals surface area contributed by atoms with Crippen molar-refractivity contribution in [3.8, 4) is 0 Å². The van der Waals surface area contributed by atoms with Crippen LogP contribution in [0.1, 0.15) is 20.8 Å². The number of nitrogens with one attached hydrogen (secondary N) is 2. The summed E-state index contributed by atoms with van der Waals surface area (Å²) in [5, 5.41) is 3.13. The molecule has 0 bridgehead atoms. The Labute approximate surface area is 160 Å². The molecule has 2 aromatic carbocycles. The number of sulfonamides is 1. The van der Waals surface area contributed by atoms with Crippen LogP contribution in [0.5, 0.6) is 0 Å². The van der Waals surface area contributed by atoms with Gasteiger partial charge in [0.25, 0.3) is 5.91 Å². The highest BCUT2D eigenvalue weighted by molar-refractivity contribution is 7.92. The van der Waals surface area contributed by atoms with Crippen LogP contribution in [0.25, 0.3) is 0 Å². The van der Waals surface area contributed by atoms with Crippen molar-refractivity contribution in [1.29, 1.82) is 0 Å². The molecule has 1 heterocycles. The zero-order valence-electron chi connectivity index (χ0n) is 14.3. The molecule has 0 fully saturated rings. The van der Waals surface area contributed by atoms with E-state index in [1.54, 1.807) is 12.3 Å². The summed E-state index contributed by atoms with van der Waals surface area (Å²) < 4.78 is 38.0. The maximum atomic E-state index is 13.2. The second-order valence-corrected chi connectivity index (χ2v) is 8.71. The Bertz CT molecular complexity index is 1060. The maximum Gasteiger partial charge on any atom is 0.257 e. The molecule has 6 nitrogen and oxygen atoms in total. The molecule has 0 aliphatic heterocycles. The lowest BCUT2D eigenvalue weighted by Crippen LogP contribution is -2.12. The number of carbonyl (C=O) groups excluding carboxylic acids is 1. The second kappa shape index (κ2) is 7.85. The van der Waals surface area contributed by atoms with Crippen LogP contribution in [-0.2, 0) is 16.4 Å². The molecule has 0 saturated carbocycles. The van der Waals surface area contributed by atoms with Crippen molar-refractivity contribution in [2.75, 3.05) is 16.3 Å². The third-order valence-corrected chi connectivity index (χ3v) is 5.01. The predicted octanol–water partition coefficient (Wildman–Crippen LogP) is 3.50. The highest BCUT2D eigenvalue weighted by Crippen LogP contribution is 2.22. The molecule has 0 unspecified atom stereocenters. The zero-order valence-corrected chi connectivity index (χ0v) is 15.9. The zero-order chi connectivity index (χ0) is 19.4. The van der Waals surface area contributed by atoms with E-state index in [0.717, 1.165) is 16.7 Å². The lowest BCUT2D eigenvalue weighted by molar-refractivity contribution is 0.102. The van der Waals surface area contributed by atoms with Crippen molar-refractivity contribution in [3.63, 3.8) is 0 Å². The molecular weight excluding hydrogens is 389 g/mol. The molecule has 0 atom stereocenters. The molecule has 1 amide bonds. The van der Waals surface area contributed by atoms with Crippen LogP contribution < -0.4 is 10.0 Å². The van der Waals surface area contributed by atoms with Crippen LogP contribution >= 0.6 is 11.3 Å². The Morgan fingerprint density at radius 1 is 1.19 bits per heavy atom. The van der Waals surface area contributed by atoms with Crippen LogP contribution in [0.2, 0.25) is 0 Å². The molecule has 0 aliphatic carbocycles. The number of rotatable bonds is 6.